The van der Waals surface area contributed by atoms with Gasteiger partial charge in [-0.2, -0.15) is 0 Å². The van der Waals surface area contributed by atoms with Crippen LogP contribution in [0.2, 0.25) is 0 Å². The lowest BCUT2D eigenvalue weighted by atomic mass is 9.93. The van der Waals surface area contributed by atoms with E-state index < -0.39 is 0 Å². The summed E-state index contributed by atoms with van der Waals surface area (Å²) in [6.07, 6.45) is 6.10. The molecule has 1 aliphatic rings. The highest BCUT2D eigenvalue weighted by atomic mass is 32.2. The molecule has 1 aliphatic heterocycles. The molecule has 2 rings (SSSR count). The fourth-order valence-corrected chi connectivity index (χ4v) is 3.58. The molecule has 128 valence electrons. The van der Waals surface area contributed by atoms with Gasteiger partial charge in [0.05, 0.1) is 7.11 Å². The van der Waals surface area contributed by atoms with E-state index in [9.17, 15) is 4.79 Å². The number of piperidine rings is 1. The average molecular weight is 337 g/mol. The minimum atomic E-state index is 0.233. The Balaban J connectivity index is 1.85. The van der Waals surface area contributed by atoms with Gasteiger partial charge in [-0.3, -0.25) is 4.79 Å². The van der Waals surface area contributed by atoms with Gasteiger partial charge >= 0.3 is 0 Å². The molecule has 0 spiro atoms. The summed E-state index contributed by atoms with van der Waals surface area (Å²) in [7, 11) is 3.58. The van der Waals surface area contributed by atoms with Crippen LogP contribution in [-0.2, 0) is 11.3 Å². The molecule has 0 radical (unpaired) electrons. The van der Waals surface area contributed by atoms with Crippen LogP contribution in [0.25, 0.3) is 0 Å². The number of thioether (sulfide) groups is 1. The van der Waals surface area contributed by atoms with Crippen molar-refractivity contribution in [2.24, 2.45) is 5.92 Å². The van der Waals surface area contributed by atoms with Gasteiger partial charge in [-0.05, 0) is 62.2 Å². The first-order valence-corrected chi connectivity index (χ1v) is 9.52. The van der Waals surface area contributed by atoms with Crippen molar-refractivity contribution < 1.29 is 9.53 Å². The van der Waals surface area contributed by atoms with Crippen molar-refractivity contribution in [3.05, 3.63) is 23.8 Å². The van der Waals surface area contributed by atoms with E-state index in [1.807, 2.05) is 24.3 Å². The molecule has 0 atom stereocenters. The number of carbonyl (C=O) groups excluding carboxylic acids is 1. The first kappa shape index (κ1) is 18.1. The molecule has 1 amide bonds. The zero-order chi connectivity index (χ0) is 16.7. The quantitative estimate of drug-likeness (QED) is 0.777. The van der Waals surface area contributed by atoms with E-state index in [4.69, 9.17) is 4.74 Å². The summed E-state index contributed by atoms with van der Waals surface area (Å²) >= 11 is 1.67. The number of amides is 1. The molecule has 0 aliphatic carbocycles. The lowest BCUT2D eigenvalue weighted by Gasteiger charge is -2.24. The van der Waals surface area contributed by atoms with Crippen molar-refractivity contribution >= 4 is 17.7 Å². The molecular weight excluding hydrogens is 308 g/mol. The van der Waals surface area contributed by atoms with Crippen LogP contribution in [0, 0.1) is 5.92 Å². The standard InChI is InChI=1S/C18H28N2O2S/c1-20(18(21)7-5-14-8-10-19-11-9-14)13-15-4-6-17(23-3)16(12-15)22-2/h4,6,12,14,19H,5,7-11,13H2,1-3H3. The van der Waals surface area contributed by atoms with Gasteiger partial charge in [-0.1, -0.05) is 6.07 Å². The summed E-state index contributed by atoms with van der Waals surface area (Å²) in [6, 6.07) is 6.17. The normalized spacial score (nSPS) is 15.4. The molecule has 1 aromatic rings. The summed E-state index contributed by atoms with van der Waals surface area (Å²) in [6.45, 7) is 2.82. The van der Waals surface area contributed by atoms with Crippen LogP contribution < -0.4 is 10.1 Å². The number of nitrogens with one attached hydrogen (secondary N) is 1. The van der Waals surface area contributed by atoms with Crippen LogP contribution in [0.15, 0.2) is 23.1 Å². The second-order valence-electron chi connectivity index (χ2n) is 6.17. The molecule has 1 saturated heterocycles. The maximum Gasteiger partial charge on any atom is 0.222 e. The monoisotopic (exact) mass is 336 g/mol. The molecule has 0 bridgehead atoms. The third-order valence-electron chi connectivity index (χ3n) is 4.52. The van der Waals surface area contributed by atoms with E-state index >= 15 is 0 Å². The second kappa shape index (κ2) is 9.18. The zero-order valence-corrected chi connectivity index (χ0v) is 15.2. The van der Waals surface area contributed by atoms with Crippen LogP contribution in [0.4, 0.5) is 0 Å². The van der Waals surface area contributed by atoms with Crippen molar-refractivity contribution in [1.82, 2.24) is 10.2 Å². The fourth-order valence-electron chi connectivity index (χ4n) is 3.03. The largest absolute Gasteiger partial charge is 0.496 e. The van der Waals surface area contributed by atoms with Crippen LogP contribution in [-0.4, -0.2) is 44.3 Å². The summed E-state index contributed by atoms with van der Waals surface area (Å²) in [5.41, 5.74) is 1.11. The summed E-state index contributed by atoms with van der Waals surface area (Å²) in [5.74, 6) is 1.82. The van der Waals surface area contributed by atoms with Crippen molar-refractivity contribution in [1.29, 1.82) is 0 Å². The molecule has 1 heterocycles. The van der Waals surface area contributed by atoms with Gasteiger partial charge in [0.2, 0.25) is 5.91 Å². The van der Waals surface area contributed by atoms with Crippen molar-refractivity contribution in [3.63, 3.8) is 0 Å². The van der Waals surface area contributed by atoms with Gasteiger partial charge in [0.15, 0.2) is 0 Å². The Morgan fingerprint density at radius 1 is 1.39 bits per heavy atom. The van der Waals surface area contributed by atoms with Crippen LogP contribution in [0.5, 0.6) is 5.75 Å². The van der Waals surface area contributed by atoms with Gasteiger partial charge in [-0.15, -0.1) is 11.8 Å². The summed E-state index contributed by atoms with van der Waals surface area (Å²) in [5, 5.41) is 3.37. The molecule has 1 N–H and O–H groups in total. The van der Waals surface area contributed by atoms with E-state index in [0.717, 1.165) is 35.7 Å². The summed E-state index contributed by atoms with van der Waals surface area (Å²) in [4.78, 5) is 15.3. The first-order chi connectivity index (χ1) is 11.1. The van der Waals surface area contributed by atoms with E-state index in [-0.39, 0.29) is 5.91 Å². The number of nitrogens with zero attached hydrogens (tertiary/aromatic N) is 1. The van der Waals surface area contributed by atoms with Crippen molar-refractivity contribution in [2.75, 3.05) is 33.5 Å². The molecule has 0 unspecified atom stereocenters. The molecule has 1 fully saturated rings. The number of ether oxygens (including phenoxy) is 1. The fraction of sp³-hybridized carbons (Fsp3) is 0.611. The SMILES string of the molecule is COc1cc(CN(C)C(=O)CCC2CCNCC2)ccc1SC. The highest BCUT2D eigenvalue weighted by Crippen LogP contribution is 2.28. The Labute approximate surface area is 144 Å². The maximum atomic E-state index is 12.3. The van der Waals surface area contributed by atoms with Crippen LogP contribution in [0.3, 0.4) is 0 Å². The predicted octanol–water partition coefficient (Wildman–Crippen LogP) is 3.16. The van der Waals surface area contributed by atoms with Gasteiger partial charge < -0.3 is 15.0 Å². The number of methoxy groups -OCH3 is 1. The van der Waals surface area contributed by atoms with Gasteiger partial charge in [0.25, 0.3) is 0 Å². The van der Waals surface area contributed by atoms with Gasteiger partial charge in [-0.25, -0.2) is 0 Å². The Morgan fingerprint density at radius 2 is 2.13 bits per heavy atom. The number of rotatable bonds is 7. The molecule has 1 aromatic carbocycles. The number of carbonyl (C=O) groups is 1. The van der Waals surface area contributed by atoms with Gasteiger partial charge in [0, 0.05) is 24.9 Å². The molecular formula is C18H28N2O2S. The number of benzene rings is 1. The maximum absolute atomic E-state index is 12.3. The summed E-state index contributed by atoms with van der Waals surface area (Å²) < 4.78 is 5.42. The Bertz CT molecular complexity index is 516. The highest BCUT2D eigenvalue weighted by Gasteiger charge is 2.16. The first-order valence-electron chi connectivity index (χ1n) is 8.29. The molecule has 0 saturated carbocycles. The molecule has 23 heavy (non-hydrogen) atoms. The Kier molecular flexibility index (Phi) is 7.24. The molecule has 0 aromatic heterocycles. The molecule has 5 heteroatoms. The Hall–Kier alpha value is -1.20. The minimum absolute atomic E-state index is 0.233. The second-order valence-corrected chi connectivity index (χ2v) is 7.02. The van der Waals surface area contributed by atoms with Crippen molar-refractivity contribution in [2.45, 2.75) is 37.1 Å². The van der Waals surface area contributed by atoms with Crippen LogP contribution >= 0.6 is 11.8 Å². The minimum Gasteiger partial charge on any atom is -0.496 e. The van der Waals surface area contributed by atoms with E-state index in [1.54, 1.807) is 18.9 Å². The topological polar surface area (TPSA) is 41.6 Å². The van der Waals surface area contributed by atoms with E-state index in [1.165, 1.54) is 12.8 Å². The third-order valence-corrected chi connectivity index (χ3v) is 5.30. The van der Waals surface area contributed by atoms with Gasteiger partial charge in [0.1, 0.15) is 5.75 Å². The van der Waals surface area contributed by atoms with Crippen LogP contribution in [0.1, 0.15) is 31.2 Å². The number of hydrogen-bond donors (Lipinski definition) is 1. The predicted molar refractivity (Wildman–Crippen MR) is 96.1 cm³/mol. The lowest BCUT2D eigenvalue weighted by molar-refractivity contribution is -0.130. The highest BCUT2D eigenvalue weighted by molar-refractivity contribution is 7.98. The number of hydrogen-bond acceptors (Lipinski definition) is 4. The zero-order valence-electron chi connectivity index (χ0n) is 14.4. The van der Waals surface area contributed by atoms with E-state index in [2.05, 4.69) is 17.4 Å². The Morgan fingerprint density at radius 3 is 2.78 bits per heavy atom. The average Bonchev–Trinajstić information content (AvgIpc) is 2.60. The lowest BCUT2D eigenvalue weighted by Crippen LogP contribution is -2.30. The molecule has 4 nitrogen and oxygen atoms in total. The third kappa shape index (κ3) is 5.43. The van der Waals surface area contributed by atoms with Crippen molar-refractivity contribution in [3.8, 4) is 5.75 Å². The smallest absolute Gasteiger partial charge is 0.222 e. The van der Waals surface area contributed by atoms with E-state index in [0.29, 0.717) is 18.9 Å².